The molecule has 112 valence electrons. The average Bonchev–Trinajstić information content (AvgIpc) is 2.43. The van der Waals surface area contributed by atoms with Crippen molar-refractivity contribution in [2.75, 3.05) is 20.1 Å². The number of halogens is 2. The molecule has 1 aromatic rings. The van der Waals surface area contributed by atoms with E-state index in [-0.39, 0.29) is 22.0 Å². The average molecular weight is 321 g/mol. The topological polar surface area (TPSA) is 49.4 Å². The second-order valence-electron chi connectivity index (χ2n) is 4.87. The molecular weight excluding hydrogens is 303 g/mol. The minimum Gasteiger partial charge on any atom is -0.316 e. The van der Waals surface area contributed by atoms with Crippen LogP contribution in [0.1, 0.15) is 24.8 Å². The molecule has 4 nitrogen and oxygen atoms in total. The molecule has 7 heteroatoms. The molecule has 0 radical (unpaired) electrons. The predicted molar refractivity (Wildman–Crippen MR) is 76.8 cm³/mol. The maximum atomic E-state index is 14.4. The monoisotopic (exact) mass is 320 g/mol. The highest BCUT2D eigenvalue weighted by Gasteiger charge is 2.30. The zero-order valence-electron chi connectivity index (χ0n) is 11.3. The second-order valence-corrected chi connectivity index (χ2v) is 7.21. The molecule has 1 saturated heterocycles. The second kappa shape index (κ2) is 6.39. The molecule has 1 heterocycles. The summed E-state index contributed by atoms with van der Waals surface area (Å²) in [7, 11) is -2.14. The number of benzene rings is 1. The van der Waals surface area contributed by atoms with Crippen LogP contribution in [-0.2, 0) is 16.6 Å². The van der Waals surface area contributed by atoms with Gasteiger partial charge < -0.3 is 5.32 Å². The van der Waals surface area contributed by atoms with Crippen LogP contribution in [0.25, 0.3) is 0 Å². The molecule has 1 fully saturated rings. The van der Waals surface area contributed by atoms with Crippen molar-refractivity contribution in [1.29, 1.82) is 0 Å². The summed E-state index contributed by atoms with van der Waals surface area (Å²) in [4.78, 5) is -0.322. The first-order valence-corrected chi connectivity index (χ1v) is 8.41. The van der Waals surface area contributed by atoms with Crippen LogP contribution in [0.2, 0.25) is 5.02 Å². The van der Waals surface area contributed by atoms with Gasteiger partial charge in [0, 0.05) is 30.2 Å². The van der Waals surface area contributed by atoms with Gasteiger partial charge >= 0.3 is 0 Å². The van der Waals surface area contributed by atoms with Gasteiger partial charge in [0.2, 0.25) is 10.0 Å². The molecule has 0 bridgehead atoms. The summed E-state index contributed by atoms with van der Waals surface area (Å²) in [5.74, 6) is -0.714. The Morgan fingerprint density at radius 1 is 1.30 bits per heavy atom. The van der Waals surface area contributed by atoms with Gasteiger partial charge in [0.25, 0.3) is 0 Å². The number of nitrogens with one attached hydrogen (secondary N) is 1. The van der Waals surface area contributed by atoms with E-state index in [0.717, 1.165) is 19.3 Å². The summed E-state index contributed by atoms with van der Waals surface area (Å²) in [6.45, 7) is 1.11. The van der Waals surface area contributed by atoms with Crippen molar-refractivity contribution in [3.8, 4) is 0 Å². The van der Waals surface area contributed by atoms with Gasteiger partial charge in [0.15, 0.2) is 0 Å². The van der Waals surface area contributed by atoms with E-state index in [4.69, 9.17) is 11.6 Å². The van der Waals surface area contributed by atoms with Gasteiger partial charge in [-0.3, -0.25) is 0 Å². The lowest BCUT2D eigenvalue weighted by Gasteiger charge is -2.26. The van der Waals surface area contributed by atoms with Crippen molar-refractivity contribution in [2.45, 2.75) is 30.7 Å². The zero-order valence-corrected chi connectivity index (χ0v) is 12.9. The number of rotatable bonds is 4. The molecule has 0 saturated carbocycles. The quantitative estimate of drug-likeness (QED) is 0.926. The molecule has 0 atom stereocenters. The third-order valence-corrected chi connectivity index (χ3v) is 5.50. The van der Waals surface area contributed by atoms with E-state index in [2.05, 4.69) is 5.32 Å². The Morgan fingerprint density at radius 2 is 1.95 bits per heavy atom. The SMILES string of the molecule is CNCc1cc(Cl)cc(S(=O)(=O)N2CCCCC2)c1F. The number of piperidine rings is 1. The Kier molecular flexibility index (Phi) is 5.01. The van der Waals surface area contributed by atoms with Gasteiger partial charge in [0.1, 0.15) is 10.7 Å². The van der Waals surface area contributed by atoms with Gasteiger partial charge in [-0.05, 0) is 32.0 Å². The smallest absolute Gasteiger partial charge is 0.246 e. The molecule has 0 aromatic heterocycles. The zero-order chi connectivity index (χ0) is 14.8. The van der Waals surface area contributed by atoms with Crippen LogP contribution < -0.4 is 5.32 Å². The van der Waals surface area contributed by atoms with Gasteiger partial charge in [-0.25, -0.2) is 12.8 Å². The molecule has 0 unspecified atom stereocenters. The first-order chi connectivity index (χ1) is 9.46. The van der Waals surface area contributed by atoms with Gasteiger partial charge in [0.05, 0.1) is 0 Å². The van der Waals surface area contributed by atoms with E-state index in [1.165, 1.54) is 16.4 Å². The van der Waals surface area contributed by atoms with Crippen molar-refractivity contribution in [3.63, 3.8) is 0 Å². The van der Waals surface area contributed by atoms with Crippen LogP contribution in [0.15, 0.2) is 17.0 Å². The van der Waals surface area contributed by atoms with Crippen LogP contribution in [0.3, 0.4) is 0 Å². The molecular formula is C13H18ClFN2O2S. The first-order valence-electron chi connectivity index (χ1n) is 6.59. The van der Waals surface area contributed by atoms with E-state index in [0.29, 0.717) is 13.1 Å². The van der Waals surface area contributed by atoms with Gasteiger partial charge in [-0.2, -0.15) is 4.31 Å². The van der Waals surface area contributed by atoms with Crippen LogP contribution >= 0.6 is 11.6 Å². The lowest BCUT2D eigenvalue weighted by atomic mass is 10.2. The maximum Gasteiger partial charge on any atom is 0.246 e. The predicted octanol–water partition coefficient (Wildman–Crippen LogP) is 2.37. The maximum absolute atomic E-state index is 14.4. The summed E-state index contributed by atoms with van der Waals surface area (Å²) in [6, 6.07) is 2.64. The molecule has 2 rings (SSSR count). The lowest BCUT2D eigenvalue weighted by molar-refractivity contribution is 0.345. The molecule has 0 spiro atoms. The van der Waals surface area contributed by atoms with Crippen LogP contribution in [-0.4, -0.2) is 32.9 Å². The fourth-order valence-electron chi connectivity index (χ4n) is 2.37. The Morgan fingerprint density at radius 3 is 2.55 bits per heavy atom. The Labute approximate surface area is 124 Å². The van der Waals surface area contributed by atoms with Crippen LogP contribution in [0, 0.1) is 5.82 Å². The van der Waals surface area contributed by atoms with E-state index < -0.39 is 15.8 Å². The molecule has 1 N–H and O–H groups in total. The molecule has 0 aliphatic carbocycles. The fraction of sp³-hybridized carbons (Fsp3) is 0.538. The van der Waals surface area contributed by atoms with Gasteiger partial charge in [-0.15, -0.1) is 0 Å². The Balaban J connectivity index is 2.45. The fourth-order valence-corrected chi connectivity index (χ4v) is 4.33. The largest absolute Gasteiger partial charge is 0.316 e. The molecule has 1 aliphatic rings. The summed E-state index contributed by atoms with van der Waals surface area (Å²) in [6.07, 6.45) is 2.63. The van der Waals surface area contributed by atoms with Crippen LogP contribution in [0.4, 0.5) is 4.39 Å². The minimum absolute atomic E-state index is 0.229. The Hall–Kier alpha value is -0.690. The molecule has 1 aromatic carbocycles. The first kappa shape index (κ1) is 15.7. The summed E-state index contributed by atoms with van der Waals surface area (Å²) in [5.41, 5.74) is 0.260. The number of hydrogen-bond donors (Lipinski definition) is 1. The summed E-state index contributed by atoms with van der Waals surface area (Å²) in [5, 5.41) is 3.03. The van der Waals surface area contributed by atoms with Crippen molar-refractivity contribution >= 4 is 21.6 Å². The number of sulfonamides is 1. The van der Waals surface area contributed by atoms with E-state index >= 15 is 0 Å². The lowest BCUT2D eigenvalue weighted by Crippen LogP contribution is -2.36. The third kappa shape index (κ3) is 3.14. The number of nitrogens with zero attached hydrogens (tertiary/aromatic N) is 1. The van der Waals surface area contributed by atoms with Crippen molar-refractivity contribution in [3.05, 3.63) is 28.5 Å². The minimum atomic E-state index is -3.81. The molecule has 0 amide bonds. The normalized spacial score (nSPS) is 17.4. The highest BCUT2D eigenvalue weighted by molar-refractivity contribution is 7.89. The third-order valence-electron chi connectivity index (χ3n) is 3.38. The van der Waals surface area contributed by atoms with E-state index in [1.807, 2.05) is 0 Å². The summed E-state index contributed by atoms with van der Waals surface area (Å²) >= 11 is 5.93. The standard InChI is InChI=1S/C13H18ClFN2O2S/c1-16-9-10-7-11(14)8-12(13(10)15)20(18,19)17-5-3-2-4-6-17/h7-8,16H,2-6,9H2,1H3. The van der Waals surface area contributed by atoms with Crippen molar-refractivity contribution in [2.24, 2.45) is 0 Å². The molecule has 1 aliphatic heterocycles. The van der Waals surface area contributed by atoms with Crippen molar-refractivity contribution in [1.82, 2.24) is 9.62 Å². The van der Waals surface area contributed by atoms with Crippen LogP contribution in [0.5, 0.6) is 0 Å². The Bertz CT molecular complexity index is 586. The highest BCUT2D eigenvalue weighted by Crippen LogP contribution is 2.28. The van der Waals surface area contributed by atoms with E-state index in [1.54, 1.807) is 7.05 Å². The number of hydrogen-bond acceptors (Lipinski definition) is 3. The van der Waals surface area contributed by atoms with E-state index in [9.17, 15) is 12.8 Å². The summed E-state index contributed by atoms with van der Waals surface area (Å²) < 4.78 is 40.8. The molecule has 20 heavy (non-hydrogen) atoms. The van der Waals surface area contributed by atoms with Gasteiger partial charge in [-0.1, -0.05) is 18.0 Å². The van der Waals surface area contributed by atoms with Crippen molar-refractivity contribution < 1.29 is 12.8 Å². The highest BCUT2D eigenvalue weighted by atomic mass is 35.5.